The number of hydrogen-bond donors (Lipinski definition) is 2. The third-order valence-corrected chi connectivity index (χ3v) is 5.46. The van der Waals surface area contributed by atoms with Gasteiger partial charge in [-0.25, -0.2) is 0 Å². The lowest BCUT2D eigenvalue weighted by molar-refractivity contribution is -0.139. The van der Waals surface area contributed by atoms with Gasteiger partial charge in [0, 0.05) is 13.1 Å². The average Bonchev–Trinajstić information content (AvgIpc) is 2.86. The molecule has 2 aliphatic rings. The molecule has 0 bridgehead atoms. The standard InChI is InChI=1S/C21H18F3N3O4/c22-21(23,24)14-3-1-2-12(8-14)13-4-5-16-15(9-13)20(31)27-7-6-26(18(29)11-28)10-17(27)19(30)25-16/h1-5,8-9,17,28H,6-7,10-11H2,(H,25,30)/t17-/m1/s1. The summed E-state index contributed by atoms with van der Waals surface area (Å²) in [6.07, 6.45) is -4.50. The van der Waals surface area contributed by atoms with Crippen LogP contribution in [-0.2, 0) is 15.8 Å². The molecule has 0 radical (unpaired) electrons. The van der Waals surface area contributed by atoms with Crippen LogP contribution in [0.4, 0.5) is 18.9 Å². The summed E-state index contributed by atoms with van der Waals surface area (Å²) < 4.78 is 39.2. The van der Waals surface area contributed by atoms with Gasteiger partial charge in [0.2, 0.25) is 11.8 Å². The molecule has 0 spiro atoms. The summed E-state index contributed by atoms with van der Waals surface area (Å²) in [6, 6.07) is 8.32. The number of carbonyl (C=O) groups is 3. The van der Waals surface area contributed by atoms with E-state index in [0.717, 1.165) is 12.1 Å². The van der Waals surface area contributed by atoms with Gasteiger partial charge in [-0.3, -0.25) is 14.4 Å². The van der Waals surface area contributed by atoms with Crippen molar-refractivity contribution in [1.29, 1.82) is 0 Å². The molecule has 10 heteroatoms. The predicted molar refractivity (Wildman–Crippen MR) is 104 cm³/mol. The van der Waals surface area contributed by atoms with Crippen LogP contribution in [-0.4, -0.2) is 64.9 Å². The molecule has 0 aliphatic carbocycles. The topological polar surface area (TPSA) is 90.0 Å². The Kier molecular flexibility index (Phi) is 5.18. The molecule has 1 atom stereocenters. The molecule has 4 rings (SSSR count). The monoisotopic (exact) mass is 433 g/mol. The molecule has 2 aromatic carbocycles. The first-order valence-corrected chi connectivity index (χ1v) is 9.51. The quantitative estimate of drug-likeness (QED) is 0.758. The number of piperazine rings is 1. The van der Waals surface area contributed by atoms with Crippen LogP contribution in [0.1, 0.15) is 15.9 Å². The van der Waals surface area contributed by atoms with E-state index in [1.165, 1.54) is 40.1 Å². The van der Waals surface area contributed by atoms with Crippen molar-refractivity contribution in [3.63, 3.8) is 0 Å². The van der Waals surface area contributed by atoms with E-state index in [1.54, 1.807) is 0 Å². The number of anilines is 1. The van der Waals surface area contributed by atoms with E-state index in [9.17, 15) is 27.6 Å². The van der Waals surface area contributed by atoms with Crippen LogP contribution in [0.15, 0.2) is 42.5 Å². The second-order valence-electron chi connectivity index (χ2n) is 7.34. The van der Waals surface area contributed by atoms with E-state index in [4.69, 9.17) is 5.11 Å². The van der Waals surface area contributed by atoms with Crippen molar-refractivity contribution >= 4 is 23.4 Å². The van der Waals surface area contributed by atoms with Gasteiger partial charge in [0.1, 0.15) is 12.6 Å². The van der Waals surface area contributed by atoms with Crippen LogP contribution in [0.5, 0.6) is 0 Å². The number of amides is 3. The molecule has 0 saturated carbocycles. The van der Waals surface area contributed by atoms with E-state index >= 15 is 0 Å². The molecule has 3 amide bonds. The van der Waals surface area contributed by atoms with Crippen LogP contribution >= 0.6 is 0 Å². The lowest BCUT2D eigenvalue weighted by atomic mass is 9.99. The average molecular weight is 433 g/mol. The Labute approximate surface area is 175 Å². The normalized spacial score (nSPS) is 18.8. The fraction of sp³-hybridized carbons (Fsp3) is 0.286. The number of hydrogen-bond acceptors (Lipinski definition) is 4. The molecule has 1 saturated heterocycles. The number of alkyl halides is 3. The third-order valence-electron chi connectivity index (χ3n) is 5.46. The van der Waals surface area contributed by atoms with Gasteiger partial charge < -0.3 is 20.2 Å². The van der Waals surface area contributed by atoms with Crippen molar-refractivity contribution in [3.05, 3.63) is 53.6 Å². The Morgan fingerprint density at radius 3 is 2.55 bits per heavy atom. The second kappa shape index (κ2) is 7.69. The lowest BCUT2D eigenvalue weighted by Gasteiger charge is -2.39. The van der Waals surface area contributed by atoms with Gasteiger partial charge >= 0.3 is 6.18 Å². The number of aliphatic hydroxyl groups is 1. The smallest absolute Gasteiger partial charge is 0.387 e. The highest BCUT2D eigenvalue weighted by molar-refractivity contribution is 6.10. The minimum atomic E-state index is -4.50. The first kappa shape index (κ1) is 20.9. The highest BCUT2D eigenvalue weighted by Crippen LogP contribution is 2.34. The Balaban J connectivity index is 1.69. The number of aliphatic hydroxyl groups excluding tert-OH is 1. The van der Waals surface area contributed by atoms with Crippen LogP contribution in [0.2, 0.25) is 0 Å². The molecule has 0 unspecified atom stereocenters. The van der Waals surface area contributed by atoms with Crippen LogP contribution < -0.4 is 5.32 Å². The van der Waals surface area contributed by atoms with Gasteiger partial charge in [-0.1, -0.05) is 18.2 Å². The molecule has 7 nitrogen and oxygen atoms in total. The molecular weight excluding hydrogens is 415 g/mol. The van der Waals surface area contributed by atoms with Crippen molar-refractivity contribution in [2.75, 3.05) is 31.6 Å². The number of nitrogens with zero attached hydrogens (tertiary/aromatic N) is 2. The molecule has 2 N–H and O–H groups in total. The highest BCUT2D eigenvalue weighted by Gasteiger charge is 2.40. The zero-order valence-corrected chi connectivity index (χ0v) is 16.1. The molecule has 2 aromatic rings. The minimum absolute atomic E-state index is 0.0502. The molecule has 2 heterocycles. The van der Waals surface area contributed by atoms with Crippen molar-refractivity contribution in [1.82, 2.24) is 9.80 Å². The second-order valence-corrected chi connectivity index (χ2v) is 7.34. The van der Waals surface area contributed by atoms with E-state index < -0.39 is 42.1 Å². The third kappa shape index (κ3) is 3.86. The van der Waals surface area contributed by atoms with Gasteiger partial charge in [0.25, 0.3) is 5.91 Å². The molecule has 162 valence electrons. The summed E-state index contributed by atoms with van der Waals surface area (Å²) in [5.41, 5.74) is 0.299. The molecule has 1 fully saturated rings. The van der Waals surface area contributed by atoms with Crippen LogP contribution in [0.25, 0.3) is 11.1 Å². The van der Waals surface area contributed by atoms with E-state index in [2.05, 4.69) is 5.32 Å². The summed E-state index contributed by atoms with van der Waals surface area (Å²) >= 11 is 0. The van der Waals surface area contributed by atoms with Crippen LogP contribution in [0.3, 0.4) is 0 Å². The number of halogens is 3. The predicted octanol–water partition coefficient (Wildman–Crippen LogP) is 1.97. The Hall–Kier alpha value is -3.40. The molecular formula is C21H18F3N3O4. The largest absolute Gasteiger partial charge is 0.416 e. The van der Waals surface area contributed by atoms with Crippen molar-refractivity contribution in [2.24, 2.45) is 0 Å². The summed E-state index contributed by atoms with van der Waals surface area (Å²) in [5, 5.41) is 11.7. The Morgan fingerprint density at radius 1 is 1.10 bits per heavy atom. The molecule has 31 heavy (non-hydrogen) atoms. The highest BCUT2D eigenvalue weighted by atomic mass is 19.4. The summed E-state index contributed by atoms with van der Waals surface area (Å²) in [7, 11) is 0. The van der Waals surface area contributed by atoms with Gasteiger partial charge in [-0.15, -0.1) is 0 Å². The van der Waals surface area contributed by atoms with Gasteiger partial charge in [0.15, 0.2) is 0 Å². The van der Waals surface area contributed by atoms with E-state index in [0.29, 0.717) is 5.56 Å². The summed E-state index contributed by atoms with van der Waals surface area (Å²) in [4.78, 5) is 40.3. The zero-order chi connectivity index (χ0) is 22.3. The molecule has 2 aliphatic heterocycles. The molecule has 0 aromatic heterocycles. The lowest BCUT2D eigenvalue weighted by Crippen LogP contribution is -2.59. The van der Waals surface area contributed by atoms with Crippen LogP contribution in [0, 0.1) is 0 Å². The van der Waals surface area contributed by atoms with Gasteiger partial charge in [0.05, 0.1) is 23.4 Å². The SMILES string of the molecule is O=C1Nc2ccc(-c3cccc(C(F)(F)F)c3)cc2C(=O)N2CCN(C(=O)CO)C[C@H]12. The number of nitrogens with one attached hydrogen (secondary N) is 1. The van der Waals surface area contributed by atoms with Gasteiger partial charge in [-0.05, 0) is 35.4 Å². The number of carbonyl (C=O) groups excluding carboxylic acids is 3. The fourth-order valence-corrected chi connectivity index (χ4v) is 3.83. The number of fused-ring (bicyclic) bond motifs is 2. The van der Waals surface area contributed by atoms with E-state index in [-0.39, 0.29) is 36.4 Å². The van der Waals surface area contributed by atoms with Crippen molar-refractivity contribution in [2.45, 2.75) is 12.2 Å². The summed E-state index contributed by atoms with van der Waals surface area (Å²) in [5.74, 6) is -1.47. The number of benzene rings is 2. The zero-order valence-electron chi connectivity index (χ0n) is 16.1. The Morgan fingerprint density at radius 2 is 1.84 bits per heavy atom. The first-order valence-electron chi connectivity index (χ1n) is 9.51. The van der Waals surface area contributed by atoms with E-state index in [1.807, 2.05) is 0 Å². The van der Waals surface area contributed by atoms with Crippen molar-refractivity contribution in [3.8, 4) is 11.1 Å². The fourth-order valence-electron chi connectivity index (χ4n) is 3.83. The summed E-state index contributed by atoms with van der Waals surface area (Å²) in [6.45, 7) is -0.484. The maximum atomic E-state index is 13.2. The number of rotatable bonds is 2. The van der Waals surface area contributed by atoms with Gasteiger partial charge in [-0.2, -0.15) is 13.2 Å². The minimum Gasteiger partial charge on any atom is -0.387 e. The van der Waals surface area contributed by atoms with Crippen molar-refractivity contribution < 1.29 is 32.7 Å². The maximum Gasteiger partial charge on any atom is 0.416 e. The Bertz CT molecular complexity index is 1070. The maximum absolute atomic E-state index is 13.2. The first-order chi connectivity index (χ1) is 14.7.